The van der Waals surface area contributed by atoms with E-state index in [2.05, 4.69) is 28.6 Å². The van der Waals surface area contributed by atoms with Crippen molar-refractivity contribution < 1.29 is 24.3 Å². The summed E-state index contributed by atoms with van der Waals surface area (Å²) in [5, 5.41) is 16.8. The van der Waals surface area contributed by atoms with E-state index in [1.807, 2.05) is 12.3 Å². The fourth-order valence-electron chi connectivity index (χ4n) is 2.57. The molecule has 4 unspecified atom stereocenters. The summed E-state index contributed by atoms with van der Waals surface area (Å²) < 4.78 is 0. The van der Waals surface area contributed by atoms with Crippen LogP contribution in [0.3, 0.4) is 0 Å². The third-order valence-corrected chi connectivity index (χ3v) is 5.44. The van der Waals surface area contributed by atoms with Gasteiger partial charge in [0.1, 0.15) is 18.1 Å². The molecular weight excluding hydrogens is 440 g/mol. The molecule has 0 bridgehead atoms. The Kier molecular flexibility index (Phi) is 12.1. The Bertz CT molecular complexity index is 750. The molecule has 0 saturated carbocycles. The number of aliphatic carboxylic acids is 1. The van der Waals surface area contributed by atoms with E-state index in [1.54, 1.807) is 36.0 Å². The molecule has 0 spiro atoms. The van der Waals surface area contributed by atoms with Crippen molar-refractivity contribution >= 4 is 48.1 Å². The van der Waals surface area contributed by atoms with Crippen LogP contribution in [0.4, 0.5) is 0 Å². The van der Waals surface area contributed by atoms with E-state index in [0.717, 1.165) is 5.56 Å². The van der Waals surface area contributed by atoms with Crippen LogP contribution in [0.2, 0.25) is 0 Å². The maximum absolute atomic E-state index is 12.5. The van der Waals surface area contributed by atoms with Crippen molar-refractivity contribution in [2.24, 2.45) is 5.73 Å². The molecule has 11 heteroatoms. The van der Waals surface area contributed by atoms with Crippen molar-refractivity contribution in [3.63, 3.8) is 0 Å². The maximum Gasteiger partial charge on any atom is 0.326 e. The Morgan fingerprint density at radius 3 is 2.19 bits per heavy atom. The van der Waals surface area contributed by atoms with Gasteiger partial charge >= 0.3 is 5.97 Å². The first-order valence-electron chi connectivity index (χ1n) is 9.72. The van der Waals surface area contributed by atoms with Gasteiger partial charge in [-0.05, 0) is 30.9 Å². The second kappa shape index (κ2) is 13.9. The number of carbonyl (C=O) groups is 4. The molecule has 3 amide bonds. The highest BCUT2D eigenvalue weighted by Gasteiger charge is 2.27. The van der Waals surface area contributed by atoms with Gasteiger partial charge in [0, 0.05) is 12.2 Å². The van der Waals surface area contributed by atoms with Gasteiger partial charge in [-0.25, -0.2) is 4.79 Å². The second-order valence-corrected chi connectivity index (χ2v) is 8.30. The van der Waals surface area contributed by atoms with Crippen LogP contribution in [0, 0.1) is 0 Å². The monoisotopic (exact) mass is 470 g/mol. The number of carboxylic acids is 1. The van der Waals surface area contributed by atoms with Gasteiger partial charge in [0.15, 0.2) is 0 Å². The Hall–Kier alpha value is -2.24. The van der Waals surface area contributed by atoms with Crippen LogP contribution in [0.25, 0.3) is 0 Å². The molecule has 1 aromatic carbocycles. The topological polar surface area (TPSA) is 151 Å². The average molecular weight is 471 g/mol. The Labute approximate surface area is 191 Å². The van der Waals surface area contributed by atoms with E-state index >= 15 is 0 Å². The summed E-state index contributed by atoms with van der Waals surface area (Å²) in [6, 6.07) is 4.98. The van der Waals surface area contributed by atoms with Crippen LogP contribution >= 0.6 is 24.4 Å². The van der Waals surface area contributed by atoms with Crippen molar-refractivity contribution in [1.29, 1.82) is 0 Å². The van der Waals surface area contributed by atoms with Crippen LogP contribution in [0.15, 0.2) is 30.3 Å². The first-order valence-corrected chi connectivity index (χ1v) is 11.7. The van der Waals surface area contributed by atoms with E-state index in [0.29, 0.717) is 12.2 Å². The fourth-order valence-corrected chi connectivity index (χ4v) is 3.32. The third kappa shape index (κ3) is 9.62. The average Bonchev–Trinajstić information content (AvgIpc) is 2.75. The van der Waals surface area contributed by atoms with Crippen molar-refractivity contribution in [1.82, 2.24) is 16.0 Å². The number of amides is 3. The number of nitrogens with two attached hydrogens (primary N) is 1. The van der Waals surface area contributed by atoms with E-state index in [4.69, 9.17) is 5.73 Å². The number of thioether (sulfide) groups is 1. The number of rotatable bonds is 13. The molecule has 0 aliphatic heterocycles. The quantitative estimate of drug-likeness (QED) is 0.219. The minimum atomic E-state index is -1.18. The zero-order valence-electron chi connectivity index (χ0n) is 17.5. The molecule has 0 saturated heterocycles. The standard InChI is InChI=1S/C20H30N4O5S2/c1-12(17(25)23-15(20(28)29)10-13-6-4-3-5-7-13)22-19(27)16(11-30)24-18(26)14(21)8-9-31-2/h3-7,12,14-16,30H,8-11,21H2,1-2H3,(H,22,27)(H,23,25)(H,24,26)(H,28,29). The van der Waals surface area contributed by atoms with E-state index in [1.165, 1.54) is 6.92 Å². The Morgan fingerprint density at radius 1 is 1.03 bits per heavy atom. The molecule has 1 aromatic rings. The minimum absolute atomic E-state index is 0.00686. The largest absolute Gasteiger partial charge is 0.480 e. The Morgan fingerprint density at radius 2 is 1.65 bits per heavy atom. The van der Waals surface area contributed by atoms with Gasteiger partial charge in [-0.3, -0.25) is 14.4 Å². The lowest BCUT2D eigenvalue weighted by atomic mass is 10.1. The summed E-state index contributed by atoms with van der Waals surface area (Å²) in [5.74, 6) is -2.22. The summed E-state index contributed by atoms with van der Waals surface area (Å²) in [7, 11) is 0. The van der Waals surface area contributed by atoms with Gasteiger partial charge < -0.3 is 26.8 Å². The SMILES string of the molecule is CSCCC(N)C(=O)NC(CS)C(=O)NC(C)C(=O)NC(Cc1ccccc1)C(=O)O. The normalized spacial score (nSPS) is 14.6. The maximum atomic E-state index is 12.5. The highest BCUT2D eigenvalue weighted by atomic mass is 32.2. The van der Waals surface area contributed by atoms with Gasteiger partial charge in [0.05, 0.1) is 6.04 Å². The minimum Gasteiger partial charge on any atom is -0.480 e. The molecule has 0 fully saturated rings. The van der Waals surface area contributed by atoms with E-state index in [-0.39, 0.29) is 12.2 Å². The third-order valence-electron chi connectivity index (χ3n) is 4.43. The zero-order valence-corrected chi connectivity index (χ0v) is 19.2. The first kappa shape index (κ1) is 26.8. The Balaban J connectivity index is 2.64. The lowest BCUT2D eigenvalue weighted by Gasteiger charge is -2.22. The van der Waals surface area contributed by atoms with Crippen LogP contribution in [0.1, 0.15) is 18.9 Å². The van der Waals surface area contributed by atoms with E-state index < -0.39 is 47.9 Å². The highest BCUT2D eigenvalue weighted by molar-refractivity contribution is 7.98. The number of thiol groups is 1. The second-order valence-electron chi connectivity index (χ2n) is 6.95. The van der Waals surface area contributed by atoms with Crippen molar-refractivity contribution in [2.75, 3.05) is 17.8 Å². The molecule has 0 radical (unpaired) electrons. The number of hydrogen-bond acceptors (Lipinski definition) is 7. The number of carbonyl (C=O) groups excluding carboxylic acids is 3. The summed E-state index contributed by atoms with van der Waals surface area (Å²) >= 11 is 5.64. The predicted octanol–water partition coefficient (Wildman–Crippen LogP) is -0.202. The van der Waals surface area contributed by atoms with Crippen LogP contribution in [-0.2, 0) is 25.6 Å². The summed E-state index contributed by atoms with van der Waals surface area (Å²) in [6.45, 7) is 1.43. The van der Waals surface area contributed by atoms with Gasteiger partial charge in [-0.15, -0.1) is 0 Å². The van der Waals surface area contributed by atoms with Crippen LogP contribution in [-0.4, -0.2) is 70.7 Å². The molecule has 0 aliphatic rings. The van der Waals surface area contributed by atoms with Gasteiger partial charge in [0.2, 0.25) is 17.7 Å². The highest BCUT2D eigenvalue weighted by Crippen LogP contribution is 2.04. The smallest absolute Gasteiger partial charge is 0.326 e. The molecule has 0 aliphatic carbocycles. The van der Waals surface area contributed by atoms with Gasteiger partial charge in [-0.2, -0.15) is 24.4 Å². The molecule has 4 atom stereocenters. The molecule has 1 rings (SSSR count). The molecule has 6 N–H and O–H groups in total. The molecule has 9 nitrogen and oxygen atoms in total. The molecule has 0 aromatic heterocycles. The summed E-state index contributed by atoms with van der Waals surface area (Å²) in [5.41, 5.74) is 6.55. The molecule has 0 heterocycles. The lowest BCUT2D eigenvalue weighted by Crippen LogP contribution is -2.57. The molecule has 31 heavy (non-hydrogen) atoms. The van der Waals surface area contributed by atoms with Crippen molar-refractivity contribution in [3.8, 4) is 0 Å². The first-order chi connectivity index (χ1) is 14.7. The predicted molar refractivity (Wildman–Crippen MR) is 124 cm³/mol. The van der Waals surface area contributed by atoms with E-state index in [9.17, 15) is 24.3 Å². The van der Waals surface area contributed by atoms with Gasteiger partial charge in [0.25, 0.3) is 0 Å². The molecule has 172 valence electrons. The number of benzene rings is 1. The zero-order chi connectivity index (χ0) is 23.4. The van der Waals surface area contributed by atoms with Gasteiger partial charge in [-0.1, -0.05) is 30.3 Å². The number of hydrogen-bond donors (Lipinski definition) is 6. The van der Waals surface area contributed by atoms with Crippen molar-refractivity contribution in [2.45, 2.75) is 43.9 Å². The fraction of sp³-hybridized carbons (Fsp3) is 0.500. The van der Waals surface area contributed by atoms with Crippen molar-refractivity contribution in [3.05, 3.63) is 35.9 Å². The number of nitrogens with one attached hydrogen (secondary N) is 3. The van der Waals surface area contributed by atoms with Crippen LogP contribution < -0.4 is 21.7 Å². The van der Waals surface area contributed by atoms with Crippen LogP contribution in [0.5, 0.6) is 0 Å². The summed E-state index contributed by atoms with van der Waals surface area (Å²) in [6.07, 6.45) is 2.46. The summed E-state index contributed by atoms with van der Waals surface area (Å²) in [4.78, 5) is 48.5. The number of carboxylic acid groups (broad SMARTS) is 1. The lowest BCUT2D eigenvalue weighted by molar-refractivity contribution is -0.142. The molecular formula is C20H30N4O5S2.